The van der Waals surface area contributed by atoms with Gasteiger partial charge < -0.3 is 5.32 Å². The molecule has 20 heavy (non-hydrogen) atoms. The number of amides is 1. The summed E-state index contributed by atoms with van der Waals surface area (Å²) in [5.74, 6) is -0.0761. The van der Waals surface area contributed by atoms with Gasteiger partial charge in [-0.2, -0.15) is 0 Å². The zero-order chi connectivity index (χ0) is 14.1. The number of hydrogen-bond donors (Lipinski definition) is 1. The predicted molar refractivity (Wildman–Crippen MR) is 84.5 cm³/mol. The van der Waals surface area contributed by atoms with Crippen LogP contribution in [0.1, 0.15) is 27.5 Å². The third-order valence-corrected chi connectivity index (χ3v) is 4.66. The maximum Gasteiger partial charge on any atom is 0.251 e. The van der Waals surface area contributed by atoms with Gasteiger partial charge in [-0.15, -0.1) is 0 Å². The Morgan fingerprint density at radius 3 is 2.60 bits per heavy atom. The minimum Gasteiger partial charge on any atom is -0.344 e. The van der Waals surface area contributed by atoms with E-state index in [0.29, 0.717) is 10.6 Å². The van der Waals surface area contributed by atoms with E-state index < -0.39 is 0 Å². The van der Waals surface area contributed by atoms with E-state index in [0.717, 1.165) is 6.42 Å². The molecule has 0 radical (unpaired) electrons. The summed E-state index contributed by atoms with van der Waals surface area (Å²) in [6.07, 6.45) is 0.932. The quantitative estimate of drug-likeness (QED) is 0.811. The van der Waals surface area contributed by atoms with E-state index in [1.165, 1.54) is 11.1 Å². The van der Waals surface area contributed by atoms with E-state index in [-0.39, 0.29) is 16.8 Å². The molecule has 2 aromatic carbocycles. The van der Waals surface area contributed by atoms with E-state index in [1.807, 2.05) is 12.1 Å². The summed E-state index contributed by atoms with van der Waals surface area (Å²) in [6, 6.07) is 15.2. The third-order valence-electron chi connectivity index (χ3n) is 3.56. The molecule has 0 saturated carbocycles. The van der Waals surface area contributed by atoms with Crippen molar-refractivity contribution in [3.8, 4) is 0 Å². The van der Waals surface area contributed by atoms with Gasteiger partial charge in [0.05, 0.1) is 6.04 Å². The van der Waals surface area contributed by atoms with Crippen LogP contribution < -0.4 is 5.32 Å². The highest BCUT2D eigenvalue weighted by Crippen LogP contribution is 2.35. The van der Waals surface area contributed by atoms with Gasteiger partial charge in [0.15, 0.2) is 0 Å². The molecule has 0 spiro atoms. The van der Waals surface area contributed by atoms with Crippen molar-refractivity contribution in [3.63, 3.8) is 0 Å². The Hall–Kier alpha value is -1.32. The van der Waals surface area contributed by atoms with E-state index >= 15 is 0 Å². The average Bonchev–Trinajstić information content (AvgIpc) is 2.76. The lowest BCUT2D eigenvalue weighted by molar-refractivity contribution is 0.0938. The second-order valence-electron chi connectivity index (χ2n) is 4.88. The molecular formula is C16H13BrClNO. The first-order chi connectivity index (χ1) is 9.65. The fourth-order valence-electron chi connectivity index (χ4n) is 2.54. The maximum absolute atomic E-state index is 12.3. The standard InChI is InChI=1S/C16H13BrClNO/c17-14-9-11-3-1-2-4-13(11)15(14)19-16(20)10-5-7-12(18)8-6-10/h1-8,14-15H,9H2,(H,19,20). The van der Waals surface area contributed by atoms with Gasteiger partial charge in [-0.05, 0) is 41.8 Å². The number of fused-ring (bicyclic) bond motifs is 1. The van der Waals surface area contributed by atoms with Crippen LogP contribution >= 0.6 is 27.5 Å². The normalized spacial score (nSPS) is 20.5. The number of rotatable bonds is 2. The number of alkyl halides is 1. The second kappa shape index (κ2) is 5.58. The van der Waals surface area contributed by atoms with Crippen molar-refractivity contribution in [3.05, 3.63) is 70.2 Å². The summed E-state index contributed by atoms with van der Waals surface area (Å²) in [6.45, 7) is 0. The Morgan fingerprint density at radius 1 is 1.15 bits per heavy atom. The monoisotopic (exact) mass is 349 g/mol. The first-order valence-corrected chi connectivity index (χ1v) is 7.73. The number of halogens is 2. The van der Waals surface area contributed by atoms with Gasteiger partial charge in [0, 0.05) is 15.4 Å². The second-order valence-corrected chi connectivity index (χ2v) is 6.49. The molecule has 1 aliphatic rings. The molecule has 2 atom stereocenters. The first kappa shape index (κ1) is 13.7. The van der Waals surface area contributed by atoms with Gasteiger partial charge in [0.25, 0.3) is 5.91 Å². The molecule has 4 heteroatoms. The minimum atomic E-state index is -0.0761. The van der Waals surface area contributed by atoms with Crippen LogP contribution in [0, 0.1) is 0 Å². The number of carbonyl (C=O) groups is 1. The molecule has 0 fully saturated rings. The Kier molecular flexibility index (Phi) is 3.81. The van der Waals surface area contributed by atoms with Crippen molar-refractivity contribution in [1.82, 2.24) is 5.32 Å². The summed E-state index contributed by atoms with van der Waals surface area (Å²) < 4.78 is 0. The molecule has 1 amide bonds. The zero-order valence-electron chi connectivity index (χ0n) is 10.6. The minimum absolute atomic E-state index is 0.00868. The largest absolute Gasteiger partial charge is 0.344 e. The number of carbonyl (C=O) groups excluding carboxylic acids is 1. The summed E-state index contributed by atoms with van der Waals surface area (Å²) in [4.78, 5) is 12.5. The van der Waals surface area contributed by atoms with E-state index in [4.69, 9.17) is 11.6 Å². The van der Waals surface area contributed by atoms with Gasteiger partial charge >= 0.3 is 0 Å². The molecule has 1 N–H and O–H groups in total. The fraction of sp³-hybridized carbons (Fsp3) is 0.188. The number of nitrogens with one attached hydrogen (secondary N) is 1. The van der Waals surface area contributed by atoms with Crippen molar-refractivity contribution in [2.45, 2.75) is 17.3 Å². The Labute approximate surface area is 131 Å². The Morgan fingerprint density at radius 2 is 1.85 bits per heavy atom. The third kappa shape index (κ3) is 2.60. The Balaban J connectivity index is 1.81. The summed E-state index contributed by atoms with van der Waals surface area (Å²) in [7, 11) is 0. The van der Waals surface area contributed by atoms with Crippen LogP contribution in [0.25, 0.3) is 0 Å². The van der Waals surface area contributed by atoms with Gasteiger partial charge in [0.1, 0.15) is 0 Å². The lowest BCUT2D eigenvalue weighted by Crippen LogP contribution is -2.31. The molecule has 0 heterocycles. The maximum atomic E-state index is 12.3. The summed E-state index contributed by atoms with van der Waals surface area (Å²) in [5, 5.41) is 3.72. The molecule has 1 aliphatic carbocycles. The average molecular weight is 351 g/mol. The molecular weight excluding hydrogens is 338 g/mol. The predicted octanol–water partition coefficient (Wildman–Crippen LogP) is 4.13. The van der Waals surface area contributed by atoms with Crippen LogP contribution in [-0.2, 0) is 6.42 Å². The molecule has 0 bridgehead atoms. The SMILES string of the molecule is O=C(NC1c2ccccc2CC1Br)c1ccc(Cl)cc1. The van der Waals surface area contributed by atoms with Gasteiger partial charge in [-0.3, -0.25) is 4.79 Å². The van der Waals surface area contributed by atoms with Gasteiger partial charge in [0.2, 0.25) is 0 Å². The zero-order valence-corrected chi connectivity index (χ0v) is 13.0. The van der Waals surface area contributed by atoms with Crippen LogP contribution in [-0.4, -0.2) is 10.7 Å². The van der Waals surface area contributed by atoms with E-state index in [9.17, 15) is 4.79 Å². The van der Waals surface area contributed by atoms with Crippen molar-refractivity contribution < 1.29 is 4.79 Å². The number of benzene rings is 2. The van der Waals surface area contributed by atoms with Crippen LogP contribution in [0.5, 0.6) is 0 Å². The lowest BCUT2D eigenvalue weighted by atomic mass is 10.1. The van der Waals surface area contributed by atoms with Crippen molar-refractivity contribution in [2.24, 2.45) is 0 Å². The van der Waals surface area contributed by atoms with E-state index in [2.05, 4.69) is 33.4 Å². The summed E-state index contributed by atoms with van der Waals surface area (Å²) in [5.41, 5.74) is 3.10. The van der Waals surface area contributed by atoms with Gasteiger partial charge in [-0.1, -0.05) is 51.8 Å². The summed E-state index contributed by atoms with van der Waals surface area (Å²) >= 11 is 9.50. The molecule has 3 rings (SSSR count). The fourth-order valence-corrected chi connectivity index (χ4v) is 3.43. The highest BCUT2D eigenvalue weighted by molar-refractivity contribution is 9.09. The van der Waals surface area contributed by atoms with E-state index in [1.54, 1.807) is 24.3 Å². The lowest BCUT2D eigenvalue weighted by Gasteiger charge is -2.17. The molecule has 0 saturated heterocycles. The molecule has 102 valence electrons. The highest BCUT2D eigenvalue weighted by Gasteiger charge is 2.31. The van der Waals surface area contributed by atoms with Crippen molar-refractivity contribution in [2.75, 3.05) is 0 Å². The molecule has 2 unspecified atom stereocenters. The first-order valence-electron chi connectivity index (χ1n) is 6.43. The molecule has 2 aromatic rings. The molecule has 0 aromatic heterocycles. The van der Waals surface area contributed by atoms with Crippen molar-refractivity contribution in [1.29, 1.82) is 0 Å². The van der Waals surface area contributed by atoms with Crippen LogP contribution in [0.2, 0.25) is 5.02 Å². The van der Waals surface area contributed by atoms with Crippen LogP contribution in [0.3, 0.4) is 0 Å². The van der Waals surface area contributed by atoms with Crippen LogP contribution in [0.15, 0.2) is 48.5 Å². The Bertz CT molecular complexity index is 641. The topological polar surface area (TPSA) is 29.1 Å². The van der Waals surface area contributed by atoms with Crippen molar-refractivity contribution >= 4 is 33.4 Å². The molecule has 0 aliphatic heterocycles. The van der Waals surface area contributed by atoms with Crippen LogP contribution in [0.4, 0.5) is 0 Å². The highest BCUT2D eigenvalue weighted by atomic mass is 79.9. The number of hydrogen-bond acceptors (Lipinski definition) is 1. The van der Waals surface area contributed by atoms with Gasteiger partial charge in [-0.25, -0.2) is 0 Å². The smallest absolute Gasteiger partial charge is 0.251 e. The molecule has 2 nitrogen and oxygen atoms in total.